The second-order valence-corrected chi connectivity index (χ2v) is 8.99. The Kier molecular flexibility index (Phi) is 5.91. The summed E-state index contributed by atoms with van der Waals surface area (Å²) < 4.78 is 7.65. The van der Waals surface area contributed by atoms with Crippen LogP contribution >= 0.6 is 11.8 Å². The van der Waals surface area contributed by atoms with Crippen molar-refractivity contribution in [3.8, 4) is 0 Å². The van der Waals surface area contributed by atoms with Gasteiger partial charge in [-0.2, -0.15) is 0 Å². The standard InChI is InChI=1S/C23H24N6O2S/c1-16(20-24-19-10-6-5-9-18(19)21(30)25-20)32-23-27-26-22(28-11-13-31-14-12-28)29(23)15-17-7-3-2-4-8-17/h2-10,16H,11-15H2,1H3,(H,24,25,30)/t16-/m1/s1. The molecule has 8 nitrogen and oxygen atoms in total. The highest BCUT2D eigenvalue weighted by molar-refractivity contribution is 7.99. The van der Waals surface area contributed by atoms with E-state index in [0.29, 0.717) is 36.5 Å². The smallest absolute Gasteiger partial charge is 0.258 e. The Morgan fingerprint density at radius 2 is 1.81 bits per heavy atom. The highest BCUT2D eigenvalue weighted by Crippen LogP contribution is 2.34. The van der Waals surface area contributed by atoms with E-state index >= 15 is 0 Å². The summed E-state index contributed by atoms with van der Waals surface area (Å²) in [7, 11) is 0. The summed E-state index contributed by atoms with van der Waals surface area (Å²) in [6.07, 6.45) is 0. The minimum atomic E-state index is -0.127. The van der Waals surface area contributed by atoms with E-state index in [1.54, 1.807) is 17.8 Å². The summed E-state index contributed by atoms with van der Waals surface area (Å²) in [5, 5.41) is 10.3. The Bertz CT molecular complexity index is 1270. The van der Waals surface area contributed by atoms with E-state index in [1.165, 1.54) is 5.56 Å². The Labute approximate surface area is 189 Å². The number of thioether (sulfide) groups is 1. The number of hydrogen-bond acceptors (Lipinski definition) is 7. The van der Waals surface area contributed by atoms with E-state index in [2.05, 4.69) is 41.8 Å². The van der Waals surface area contributed by atoms with Gasteiger partial charge in [0.25, 0.3) is 5.56 Å². The molecule has 0 unspecified atom stereocenters. The zero-order valence-corrected chi connectivity index (χ0v) is 18.6. The molecule has 1 saturated heterocycles. The van der Waals surface area contributed by atoms with Gasteiger partial charge in [0.2, 0.25) is 5.95 Å². The van der Waals surface area contributed by atoms with Crippen molar-refractivity contribution in [2.24, 2.45) is 0 Å². The maximum atomic E-state index is 12.5. The molecule has 1 fully saturated rings. The number of benzene rings is 2. The minimum absolute atomic E-state index is 0.108. The van der Waals surface area contributed by atoms with E-state index in [-0.39, 0.29) is 10.8 Å². The van der Waals surface area contributed by atoms with Crippen molar-refractivity contribution in [3.63, 3.8) is 0 Å². The van der Waals surface area contributed by atoms with Crippen LogP contribution in [0.25, 0.3) is 10.9 Å². The van der Waals surface area contributed by atoms with Crippen LogP contribution in [0.15, 0.2) is 64.5 Å². The molecular formula is C23H24N6O2S. The fourth-order valence-electron chi connectivity index (χ4n) is 3.78. The lowest BCUT2D eigenvalue weighted by Gasteiger charge is -2.28. The van der Waals surface area contributed by atoms with Crippen LogP contribution in [0, 0.1) is 0 Å². The zero-order chi connectivity index (χ0) is 21.9. The van der Waals surface area contributed by atoms with Crippen molar-refractivity contribution < 1.29 is 4.74 Å². The highest BCUT2D eigenvalue weighted by atomic mass is 32.2. The average molecular weight is 449 g/mol. The molecule has 0 aliphatic carbocycles. The van der Waals surface area contributed by atoms with Crippen molar-refractivity contribution in [2.75, 3.05) is 31.2 Å². The monoisotopic (exact) mass is 448 g/mol. The van der Waals surface area contributed by atoms with Gasteiger partial charge in [-0.3, -0.25) is 9.36 Å². The third kappa shape index (κ3) is 4.26. The lowest BCUT2D eigenvalue weighted by Crippen LogP contribution is -2.38. The van der Waals surface area contributed by atoms with Crippen LogP contribution in [-0.4, -0.2) is 51.0 Å². The number of aromatic nitrogens is 5. The Morgan fingerprint density at radius 1 is 1.06 bits per heavy atom. The number of nitrogens with zero attached hydrogens (tertiary/aromatic N) is 5. The second-order valence-electron chi connectivity index (χ2n) is 7.68. The van der Waals surface area contributed by atoms with Crippen LogP contribution in [0.2, 0.25) is 0 Å². The fraction of sp³-hybridized carbons (Fsp3) is 0.304. The van der Waals surface area contributed by atoms with E-state index in [9.17, 15) is 4.79 Å². The van der Waals surface area contributed by atoms with Crippen molar-refractivity contribution >= 4 is 28.6 Å². The lowest BCUT2D eigenvalue weighted by atomic mass is 10.2. The second kappa shape index (κ2) is 9.13. The predicted octanol–water partition coefficient (Wildman–Crippen LogP) is 3.25. The van der Waals surface area contributed by atoms with Crippen LogP contribution in [0.5, 0.6) is 0 Å². The van der Waals surface area contributed by atoms with E-state index in [4.69, 9.17) is 4.74 Å². The average Bonchev–Trinajstić information content (AvgIpc) is 3.22. The quantitative estimate of drug-likeness (QED) is 0.453. The topological polar surface area (TPSA) is 88.9 Å². The van der Waals surface area contributed by atoms with Crippen molar-refractivity contribution in [3.05, 3.63) is 76.3 Å². The zero-order valence-electron chi connectivity index (χ0n) is 17.8. The molecule has 1 atom stereocenters. The molecule has 1 aliphatic rings. The number of nitrogens with one attached hydrogen (secondary N) is 1. The molecule has 164 valence electrons. The number of fused-ring (bicyclic) bond motifs is 1. The number of H-pyrrole nitrogens is 1. The maximum absolute atomic E-state index is 12.5. The minimum Gasteiger partial charge on any atom is -0.378 e. The Balaban J connectivity index is 1.47. The van der Waals surface area contributed by atoms with E-state index in [0.717, 1.165) is 24.2 Å². The van der Waals surface area contributed by atoms with Gasteiger partial charge in [-0.15, -0.1) is 10.2 Å². The molecular weight excluding hydrogens is 424 g/mol. The lowest BCUT2D eigenvalue weighted by molar-refractivity contribution is 0.121. The van der Waals surface area contributed by atoms with E-state index in [1.807, 2.05) is 43.3 Å². The molecule has 0 amide bonds. The molecule has 0 spiro atoms. The molecule has 5 rings (SSSR count). The van der Waals surface area contributed by atoms with Gasteiger partial charge in [-0.05, 0) is 24.6 Å². The molecule has 0 radical (unpaired) electrons. The molecule has 1 aliphatic heterocycles. The molecule has 2 aromatic carbocycles. The first-order valence-electron chi connectivity index (χ1n) is 10.6. The first-order chi connectivity index (χ1) is 15.7. The van der Waals surface area contributed by atoms with Crippen LogP contribution < -0.4 is 10.5 Å². The number of rotatable bonds is 6. The molecule has 9 heteroatoms. The summed E-state index contributed by atoms with van der Waals surface area (Å²) in [6, 6.07) is 17.7. The van der Waals surface area contributed by atoms with Gasteiger partial charge in [0.15, 0.2) is 5.16 Å². The number of para-hydroxylation sites is 1. The number of ether oxygens (including phenoxy) is 1. The van der Waals surface area contributed by atoms with Crippen LogP contribution in [0.3, 0.4) is 0 Å². The fourth-order valence-corrected chi connectivity index (χ4v) is 4.68. The van der Waals surface area contributed by atoms with Gasteiger partial charge in [0, 0.05) is 13.1 Å². The molecule has 4 aromatic rings. The number of hydrogen-bond donors (Lipinski definition) is 1. The number of morpholine rings is 1. The van der Waals surface area contributed by atoms with Gasteiger partial charge < -0.3 is 14.6 Å². The third-order valence-corrected chi connectivity index (χ3v) is 6.56. The van der Waals surface area contributed by atoms with Gasteiger partial charge in [-0.25, -0.2) is 4.98 Å². The predicted molar refractivity (Wildman–Crippen MR) is 125 cm³/mol. The summed E-state index contributed by atoms with van der Waals surface area (Å²) in [6.45, 7) is 5.61. The SMILES string of the molecule is C[C@@H](Sc1nnc(N2CCOCC2)n1Cc1ccccc1)c1nc2ccccc2c(=O)[nH]1. The summed E-state index contributed by atoms with van der Waals surface area (Å²) >= 11 is 1.54. The van der Waals surface area contributed by atoms with Crippen molar-refractivity contribution in [2.45, 2.75) is 23.9 Å². The van der Waals surface area contributed by atoms with Crippen molar-refractivity contribution in [1.82, 2.24) is 24.7 Å². The Morgan fingerprint density at radius 3 is 2.62 bits per heavy atom. The van der Waals surface area contributed by atoms with Crippen LogP contribution in [0.4, 0.5) is 5.95 Å². The maximum Gasteiger partial charge on any atom is 0.258 e. The summed E-state index contributed by atoms with van der Waals surface area (Å²) in [4.78, 5) is 22.4. The van der Waals surface area contributed by atoms with Gasteiger partial charge in [-0.1, -0.05) is 54.2 Å². The van der Waals surface area contributed by atoms with Crippen molar-refractivity contribution in [1.29, 1.82) is 0 Å². The number of aromatic amines is 1. The highest BCUT2D eigenvalue weighted by Gasteiger charge is 2.23. The van der Waals surface area contributed by atoms with Gasteiger partial charge in [0.05, 0.1) is 35.9 Å². The summed E-state index contributed by atoms with van der Waals surface area (Å²) in [5.74, 6) is 1.47. The van der Waals surface area contributed by atoms with Crippen LogP contribution in [0.1, 0.15) is 23.6 Å². The molecule has 32 heavy (non-hydrogen) atoms. The molecule has 2 aromatic heterocycles. The number of anilines is 1. The Hall–Kier alpha value is -3.17. The first-order valence-corrected chi connectivity index (χ1v) is 11.5. The normalized spacial score (nSPS) is 15.2. The third-order valence-electron chi connectivity index (χ3n) is 5.47. The molecule has 1 N–H and O–H groups in total. The van der Waals surface area contributed by atoms with Gasteiger partial charge in [0.1, 0.15) is 5.82 Å². The molecule has 3 heterocycles. The largest absolute Gasteiger partial charge is 0.378 e. The van der Waals surface area contributed by atoms with E-state index < -0.39 is 0 Å². The van der Waals surface area contributed by atoms with Gasteiger partial charge >= 0.3 is 0 Å². The molecule has 0 bridgehead atoms. The first kappa shape index (κ1) is 20.7. The van der Waals surface area contributed by atoms with Crippen LogP contribution in [-0.2, 0) is 11.3 Å². The molecule has 0 saturated carbocycles. The summed E-state index contributed by atoms with van der Waals surface area (Å²) in [5.41, 5.74) is 1.74.